The molecule has 1 heteroatoms. The standard InChI is InChI=1S/C7H12S/c1-8-7-5-3-2-4-6-7/h2-3,7H,4-6H2,1H3/p+1. The van der Waals surface area contributed by atoms with Gasteiger partial charge in [-0.1, -0.05) is 12.2 Å². The van der Waals surface area contributed by atoms with Gasteiger partial charge in [-0.25, -0.2) is 0 Å². The molecule has 1 aliphatic carbocycles. The fourth-order valence-corrected chi connectivity index (χ4v) is 1.75. The van der Waals surface area contributed by atoms with Gasteiger partial charge >= 0.3 is 0 Å². The Morgan fingerprint density at radius 2 is 2.38 bits per heavy atom. The van der Waals surface area contributed by atoms with Crippen molar-refractivity contribution < 1.29 is 0 Å². The van der Waals surface area contributed by atoms with E-state index in [1.165, 1.54) is 19.3 Å². The Labute approximate surface area is 55.4 Å². The van der Waals surface area contributed by atoms with E-state index in [2.05, 4.69) is 18.4 Å². The molecule has 1 aliphatic rings. The molecule has 1 rings (SSSR count). The Morgan fingerprint density at radius 1 is 1.50 bits per heavy atom. The molecule has 0 radical (unpaired) electrons. The summed E-state index contributed by atoms with van der Waals surface area (Å²) in [5, 5.41) is 0.972. The van der Waals surface area contributed by atoms with Crippen LogP contribution in [0.3, 0.4) is 0 Å². The minimum atomic E-state index is 0.972. The largest absolute Gasteiger partial charge is 0.119 e. The highest BCUT2D eigenvalue weighted by atomic mass is 32.2. The van der Waals surface area contributed by atoms with Gasteiger partial charge in [0, 0.05) is 6.42 Å². The molecule has 46 valence electrons. The maximum Gasteiger partial charge on any atom is 0.119 e. The topological polar surface area (TPSA) is 0 Å². The average Bonchev–Trinajstić information content (AvgIpc) is 1.90. The van der Waals surface area contributed by atoms with E-state index in [1.807, 2.05) is 0 Å². The number of thiol groups is 1. The highest BCUT2D eigenvalue weighted by Crippen LogP contribution is 2.12. The lowest BCUT2D eigenvalue weighted by Crippen LogP contribution is -2.09. The van der Waals surface area contributed by atoms with E-state index < -0.39 is 0 Å². The van der Waals surface area contributed by atoms with Crippen molar-refractivity contribution in [3.05, 3.63) is 12.2 Å². The fraction of sp³-hybridized carbons (Fsp3) is 0.714. The summed E-state index contributed by atoms with van der Waals surface area (Å²) < 4.78 is 0. The van der Waals surface area contributed by atoms with Crippen molar-refractivity contribution in [2.24, 2.45) is 0 Å². The van der Waals surface area contributed by atoms with Crippen LogP contribution in [0.25, 0.3) is 0 Å². The van der Waals surface area contributed by atoms with Crippen molar-refractivity contribution in [3.63, 3.8) is 0 Å². The number of hydrogen-bond donors (Lipinski definition) is 0. The summed E-state index contributed by atoms with van der Waals surface area (Å²) in [4.78, 5) is 0. The van der Waals surface area contributed by atoms with Crippen molar-refractivity contribution in [2.75, 3.05) is 6.26 Å². The Balaban J connectivity index is 2.27. The molecule has 0 fully saturated rings. The van der Waals surface area contributed by atoms with Gasteiger partial charge in [-0.3, -0.25) is 0 Å². The molecule has 0 aromatic carbocycles. The molecule has 0 N–H and O–H groups in total. The summed E-state index contributed by atoms with van der Waals surface area (Å²) in [6.07, 6.45) is 10.9. The van der Waals surface area contributed by atoms with Crippen LogP contribution in [0.4, 0.5) is 0 Å². The second-order valence-corrected chi connectivity index (χ2v) is 3.44. The first-order chi connectivity index (χ1) is 3.93. The molecule has 0 bridgehead atoms. The third kappa shape index (κ3) is 1.55. The summed E-state index contributed by atoms with van der Waals surface area (Å²) in [7, 11) is 0. The van der Waals surface area contributed by atoms with E-state index in [9.17, 15) is 0 Å². The third-order valence-electron chi connectivity index (χ3n) is 1.61. The lowest BCUT2D eigenvalue weighted by Gasteiger charge is -2.07. The second kappa shape index (κ2) is 3.18. The van der Waals surface area contributed by atoms with Crippen LogP contribution in [-0.2, 0) is 11.8 Å². The minimum Gasteiger partial charge on any atom is -0.0882 e. The third-order valence-corrected chi connectivity index (χ3v) is 2.81. The number of rotatable bonds is 1. The molecular formula is C7H13S+. The van der Waals surface area contributed by atoms with E-state index in [0.717, 1.165) is 5.25 Å². The molecule has 0 saturated carbocycles. The molecule has 0 heterocycles. The molecular weight excluding hydrogens is 116 g/mol. The predicted molar refractivity (Wildman–Crippen MR) is 41.5 cm³/mol. The van der Waals surface area contributed by atoms with E-state index >= 15 is 0 Å². The number of allylic oxidation sites excluding steroid dienone is 2. The summed E-state index contributed by atoms with van der Waals surface area (Å²) in [5.41, 5.74) is 0. The first kappa shape index (κ1) is 6.21. The van der Waals surface area contributed by atoms with Crippen molar-refractivity contribution >= 4 is 11.8 Å². The van der Waals surface area contributed by atoms with E-state index in [-0.39, 0.29) is 0 Å². The molecule has 0 saturated heterocycles. The highest BCUT2D eigenvalue weighted by Gasteiger charge is 2.12. The Kier molecular flexibility index (Phi) is 2.47. The molecule has 1 atom stereocenters. The quantitative estimate of drug-likeness (QED) is 0.286. The average molecular weight is 129 g/mol. The van der Waals surface area contributed by atoms with Gasteiger partial charge in [0.05, 0.1) is 6.26 Å². The van der Waals surface area contributed by atoms with Gasteiger partial charge in [-0.15, -0.1) is 0 Å². The molecule has 0 nitrogen and oxygen atoms in total. The van der Waals surface area contributed by atoms with Crippen LogP contribution in [-0.4, -0.2) is 11.5 Å². The van der Waals surface area contributed by atoms with Crippen LogP contribution in [0.5, 0.6) is 0 Å². The summed E-state index contributed by atoms with van der Waals surface area (Å²) >= 11 is 1.58. The van der Waals surface area contributed by atoms with Gasteiger partial charge in [-0.05, 0) is 24.6 Å². The van der Waals surface area contributed by atoms with Crippen LogP contribution in [0.15, 0.2) is 12.2 Å². The van der Waals surface area contributed by atoms with E-state index in [4.69, 9.17) is 0 Å². The highest BCUT2D eigenvalue weighted by molar-refractivity contribution is 7.78. The Hall–Kier alpha value is 0.0900. The Bertz CT molecular complexity index is 86.4. The van der Waals surface area contributed by atoms with Crippen LogP contribution in [0.1, 0.15) is 19.3 Å². The van der Waals surface area contributed by atoms with Crippen molar-refractivity contribution in [2.45, 2.75) is 24.5 Å². The predicted octanol–water partition coefficient (Wildman–Crippen LogP) is 1.54. The molecule has 0 spiro atoms. The van der Waals surface area contributed by atoms with Gasteiger partial charge < -0.3 is 0 Å². The smallest absolute Gasteiger partial charge is 0.0882 e. The molecule has 8 heavy (non-hydrogen) atoms. The van der Waals surface area contributed by atoms with E-state index in [0.29, 0.717) is 0 Å². The van der Waals surface area contributed by atoms with Crippen molar-refractivity contribution in [1.29, 1.82) is 0 Å². The first-order valence-electron chi connectivity index (χ1n) is 3.17. The molecule has 0 amide bonds. The maximum atomic E-state index is 2.31. The zero-order valence-electron chi connectivity index (χ0n) is 5.30. The van der Waals surface area contributed by atoms with Crippen LogP contribution in [0, 0.1) is 0 Å². The molecule has 0 aromatic rings. The van der Waals surface area contributed by atoms with Crippen LogP contribution >= 0.6 is 0 Å². The second-order valence-electron chi connectivity index (χ2n) is 2.20. The molecule has 0 aliphatic heterocycles. The van der Waals surface area contributed by atoms with Crippen molar-refractivity contribution in [1.82, 2.24) is 0 Å². The molecule has 0 aromatic heterocycles. The SMILES string of the molecule is C[SH+]C1CC=CCC1. The summed E-state index contributed by atoms with van der Waals surface area (Å²) in [6.45, 7) is 0. The monoisotopic (exact) mass is 129 g/mol. The normalized spacial score (nSPS) is 28.4. The van der Waals surface area contributed by atoms with Gasteiger partial charge in [0.25, 0.3) is 0 Å². The van der Waals surface area contributed by atoms with Crippen LogP contribution in [0.2, 0.25) is 0 Å². The lowest BCUT2D eigenvalue weighted by molar-refractivity contribution is 0.748. The van der Waals surface area contributed by atoms with Gasteiger partial charge in [0.15, 0.2) is 0 Å². The minimum absolute atomic E-state index is 0.972. The summed E-state index contributed by atoms with van der Waals surface area (Å²) in [5.74, 6) is 0. The van der Waals surface area contributed by atoms with Gasteiger partial charge in [-0.2, -0.15) is 0 Å². The van der Waals surface area contributed by atoms with Crippen LogP contribution < -0.4 is 0 Å². The van der Waals surface area contributed by atoms with Gasteiger partial charge in [0.2, 0.25) is 0 Å². The fourth-order valence-electron chi connectivity index (χ4n) is 1.01. The number of hydrogen-bond acceptors (Lipinski definition) is 0. The van der Waals surface area contributed by atoms with Crippen molar-refractivity contribution in [3.8, 4) is 0 Å². The van der Waals surface area contributed by atoms with E-state index in [1.54, 1.807) is 11.8 Å². The Morgan fingerprint density at radius 3 is 2.75 bits per heavy atom. The lowest BCUT2D eigenvalue weighted by atomic mass is 10.1. The molecule has 1 unspecified atom stereocenters. The maximum absolute atomic E-state index is 2.31. The summed E-state index contributed by atoms with van der Waals surface area (Å²) in [6, 6.07) is 0. The van der Waals surface area contributed by atoms with Gasteiger partial charge in [0.1, 0.15) is 5.25 Å². The first-order valence-corrected chi connectivity index (χ1v) is 4.58. The zero-order valence-corrected chi connectivity index (χ0v) is 6.20. The zero-order chi connectivity index (χ0) is 5.82.